The molecule has 0 radical (unpaired) electrons. The molecule has 0 heterocycles. The van der Waals surface area contributed by atoms with Gasteiger partial charge < -0.3 is 4.74 Å². The van der Waals surface area contributed by atoms with Gasteiger partial charge in [-0.3, -0.25) is 0 Å². The molecule has 6 heteroatoms. The maximum Gasteiger partial charge on any atom is 0.216 e. The van der Waals surface area contributed by atoms with Crippen molar-refractivity contribution in [3.05, 3.63) is 64.0 Å². The Balaban J connectivity index is 2.25. The van der Waals surface area contributed by atoms with Crippen molar-refractivity contribution in [2.24, 2.45) is 0 Å². The lowest BCUT2D eigenvalue weighted by atomic mass is 10.2. The van der Waals surface area contributed by atoms with Gasteiger partial charge in [0, 0.05) is 5.02 Å². The van der Waals surface area contributed by atoms with E-state index in [4.69, 9.17) is 16.3 Å². The van der Waals surface area contributed by atoms with Gasteiger partial charge in [-0.2, -0.15) is 5.26 Å². The number of ether oxygens (including phenoxy) is 1. The molecule has 0 spiro atoms. The highest BCUT2D eigenvalue weighted by molar-refractivity contribution is 7.95. The average molecular weight is 376 g/mol. The molecule has 0 saturated carbocycles. The van der Waals surface area contributed by atoms with Gasteiger partial charge in [0.15, 0.2) is 0 Å². The smallest absolute Gasteiger partial charge is 0.216 e. The molecule has 0 amide bonds. The summed E-state index contributed by atoms with van der Waals surface area (Å²) >= 11 is 5.78. The van der Waals surface area contributed by atoms with Crippen molar-refractivity contribution in [2.45, 2.75) is 24.7 Å². The van der Waals surface area contributed by atoms with Gasteiger partial charge in [-0.25, -0.2) is 8.42 Å². The molecule has 2 aromatic carbocycles. The van der Waals surface area contributed by atoms with E-state index in [1.165, 1.54) is 30.3 Å². The van der Waals surface area contributed by atoms with Crippen LogP contribution in [0.2, 0.25) is 5.02 Å². The number of hydrogen-bond donors (Lipinski definition) is 0. The van der Waals surface area contributed by atoms with Crippen molar-refractivity contribution in [3.63, 3.8) is 0 Å². The predicted molar refractivity (Wildman–Crippen MR) is 99.1 cm³/mol. The van der Waals surface area contributed by atoms with Gasteiger partial charge in [-0.1, -0.05) is 37.1 Å². The molecule has 0 aliphatic carbocycles. The van der Waals surface area contributed by atoms with Crippen LogP contribution < -0.4 is 4.74 Å². The maximum atomic E-state index is 12.6. The van der Waals surface area contributed by atoms with Crippen LogP contribution in [0.15, 0.2) is 58.3 Å². The summed E-state index contributed by atoms with van der Waals surface area (Å²) in [5, 5.41) is 9.72. The molecule has 130 valence electrons. The number of hydrogen-bond acceptors (Lipinski definition) is 4. The number of sulfone groups is 1. The van der Waals surface area contributed by atoms with Crippen LogP contribution in [0, 0.1) is 11.3 Å². The van der Waals surface area contributed by atoms with Crippen LogP contribution >= 0.6 is 11.6 Å². The predicted octanol–water partition coefficient (Wildman–Crippen LogP) is 4.86. The zero-order chi connectivity index (χ0) is 18.3. The van der Waals surface area contributed by atoms with Crippen LogP contribution in [0.1, 0.15) is 25.3 Å². The molecule has 0 N–H and O–H groups in total. The molecule has 0 fully saturated rings. The summed E-state index contributed by atoms with van der Waals surface area (Å²) < 4.78 is 30.7. The van der Waals surface area contributed by atoms with E-state index in [2.05, 4.69) is 6.92 Å². The third kappa shape index (κ3) is 5.09. The number of nitriles is 1. The third-order valence-corrected chi connectivity index (χ3v) is 5.40. The van der Waals surface area contributed by atoms with Crippen molar-refractivity contribution in [3.8, 4) is 11.8 Å². The van der Waals surface area contributed by atoms with Gasteiger partial charge in [0.2, 0.25) is 9.84 Å². The molecule has 0 saturated heterocycles. The summed E-state index contributed by atoms with van der Waals surface area (Å²) in [5.74, 6) is 0.713. The molecule has 0 bridgehead atoms. The summed E-state index contributed by atoms with van der Waals surface area (Å²) in [6, 6.07) is 14.4. The van der Waals surface area contributed by atoms with Crippen LogP contribution in [-0.4, -0.2) is 15.0 Å². The fourth-order valence-electron chi connectivity index (χ4n) is 2.06. The first-order valence-electron chi connectivity index (χ1n) is 7.82. The molecule has 0 aliphatic rings. The lowest BCUT2D eigenvalue weighted by molar-refractivity contribution is 0.309. The first-order chi connectivity index (χ1) is 12.0. The quantitative estimate of drug-likeness (QED) is 0.512. The lowest BCUT2D eigenvalue weighted by Gasteiger charge is -2.06. The molecule has 0 atom stereocenters. The third-order valence-electron chi connectivity index (χ3n) is 3.47. The van der Waals surface area contributed by atoms with Crippen LogP contribution in [-0.2, 0) is 9.84 Å². The van der Waals surface area contributed by atoms with Gasteiger partial charge in [-0.05, 0) is 54.5 Å². The average Bonchev–Trinajstić information content (AvgIpc) is 2.61. The summed E-state index contributed by atoms with van der Waals surface area (Å²) in [6.45, 7) is 2.72. The number of allylic oxidation sites excluding steroid dienone is 1. The topological polar surface area (TPSA) is 67.2 Å². The molecule has 2 rings (SSSR count). The van der Waals surface area contributed by atoms with Gasteiger partial charge in [-0.15, -0.1) is 0 Å². The van der Waals surface area contributed by atoms with Crippen LogP contribution in [0.5, 0.6) is 5.75 Å². The van der Waals surface area contributed by atoms with Gasteiger partial charge in [0.25, 0.3) is 0 Å². The van der Waals surface area contributed by atoms with E-state index in [1.54, 1.807) is 30.3 Å². The highest BCUT2D eigenvalue weighted by Crippen LogP contribution is 2.23. The normalized spacial score (nSPS) is 11.8. The Bertz CT molecular complexity index is 880. The Morgan fingerprint density at radius 3 is 2.36 bits per heavy atom. The Kier molecular flexibility index (Phi) is 6.63. The number of halogens is 1. The lowest BCUT2D eigenvalue weighted by Crippen LogP contribution is -2.03. The van der Waals surface area contributed by atoms with E-state index < -0.39 is 9.84 Å². The van der Waals surface area contributed by atoms with E-state index >= 15 is 0 Å². The minimum Gasteiger partial charge on any atom is -0.494 e. The number of nitrogens with zero attached hydrogens (tertiary/aromatic N) is 1. The van der Waals surface area contributed by atoms with Crippen molar-refractivity contribution < 1.29 is 13.2 Å². The summed E-state index contributed by atoms with van der Waals surface area (Å²) in [6.07, 6.45) is 3.37. The highest BCUT2D eigenvalue weighted by atomic mass is 35.5. The van der Waals surface area contributed by atoms with E-state index in [-0.39, 0.29) is 9.80 Å². The summed E-state index contributed by atoms with van der Waals surface area (Å²) in [7, 11) is -3.88. The molecule has 2 aromatic rings. The van der Waals surface area contributed by atoms with E-state index in [0.29, 0.717) is 22.9 Å². The van der Waals surface area contributed by atoms with E-state index in [1.807, 2.05) is 0 Å². The van der Waals surface area contributed by atoms with Crippen molar-refractivity contribution in [2.75, 3.05) is 6.61 Å². The fraction of sp³-hybridized carbons (Fsp3) is 0.211. The number of unbranched alkanes of at least 4 members (excludes halogenated alkanes) is 1. The zero-order valence-electron chi connectivity index (χ0n) is 13.8. The summed E-state index contributed by atoms with van der Waals surface area (Å²) in [5.41, 5.74) is 0.608. The molecular formula is C19H18ClNO3S. The monoisotopic (exact) mass is 375 g/mol. The second-order valence-corrected chi connectivity index (χ2v) is 7.70. The fourth-order valence-corrected chi connectivity index (χ4v) is 3.34. The Morgan fingerprint density at radius 1 is 1.16 bits per heavy atom. The van der Waals surface area contributed by atoms with Gasteiger partial charge in [0.05, 0.1) is 11.5 Å². The standard InChI is InChI=1S/C19H18ClNO3S/c1-2-3-12-24-17-8-4-15(5-9-17)13-19(14-21)25(22,23)18-10-6-16(20)7-11-18/h4-11,13H,2-3,12H2,1H3/b19-13+. The Hall–Kier alpha value is -2.29. The molecular weight excluding hydrogens is 358 g/mol. The van der Waals surface area contributed by atoms with Crippen LogP contribution in [0.3, 0.4) is 0 Å². The van der Waals surface area contributed by atoms with E-state index in [9.17, 15) is 13.7 Å². The molecule has 0 aromatic heterocycles. The minimum absolute atomic E-state index is 0.0317. The minimum atomic E-state index is -3.88. The van der Waals surface area contributed by atoms with E-state index in [0.717, 1.165) is 12.8 Å². The zero-order valence-corrected chi connectivity index (χ0v) is 15.3. The molecule has 25 heavy (non-hydrogen) atoms. The molecule has 0 unspecified atom stereocenters. The van der Waals surface area contributed by atoms with Crippen molar-refractivity contribution in [1.82, 2.24) is 0 Å². The van der Waals surface area contributed by atoms with Crippen LogP contribution in [0.25, 0.3) is 6.08 Å². The first-order valence-corrected chi connectivity index (χ1v) is 9.69. The van der Waals surface area contributed by atoms with Gasteiger partial charge >= 0.3 is 0 Å². The first kappa shape index (κ1) is 19.0. The second kappa shape index (κ2) is 8.70. The van der Waals surface area contributed by atoms with Crippen molar-refractivity contribution >= 4 is 27.5 Å². The van der Waals surface area contributed by atoms with Crippen molar-refractivity contribution in [1.29, 1.82) is 5.26 Å². The largest absolute Gasteiger partial charge is 0.494 e. The molecule has 0 aliphatic heterocycles. The van der Waals surface area contributed by atoms with Gasteiger partial charge in [0.1, 0.15) is 16.7 Å². The Labute approximate surface area is 153 Å². The summed E-state index contributed by atoms with van der Waals surface area (Å²) in [4.78, 5) is -0.293. The number of benzene rings is 2. The Morgan fingerprint density at radius 2 is 1.80 bits per heavy atom. The second-order valence-electron chi connectivity index (χ2n) is 5.35. The number of rotatable bonds is 7. The van der Waals surface area contributed by atoms with Crippen LogP contribution in [0.4, 0.5) is 0 Å². The SMILES string of the molecule is CCCCOc1ccc(/C=C(\C#N)S(=O)(=O)c2ccc(Cl)cc2)cc1. The highest BCUT2D eigenvalue weighted by Gasteiger charge is 2.20. The maximum absolute atomic E-state index is 12.6. The molecule has 4 nitrogen and oxygen atoms in total.